The molecule has 0 saturated carbocycles. The van der Waals surface area contributed by atoms with Crippen molar-refractivity contribution in [3.05, 3.63) is 70.2 Å². The van der Waals surface area contributed by atoms with Crippen molar-refractivity contribution in [3.63, 3.8) is 0 Å². The fourth-order valence-electron chi connectivity index (χ4n) is 2.44. The molecule has 28 heavy (non-hydrogen) atoms. The first-order chi connectivity index (χ1) is 13.2. The van der Waals surface area contributed by atoms with E-state index in [1.807, 2.05) is 6.07 Å². The average Bonchev–Trinajstić information content (AvgIpc) is 3.06. The third-order valence-corrected chi connectivity index (χ3v) is 3.74. The number of carbonyl (C=O) groups excluding carboxylic acids is 1. The summed E-state index contributed by atoms with van der Waals surface area (Å²) in [4.78, 5) is 26.1. The summed E-state index contributed by atoms with van der Waals surface area (Å²) in [5, 5.41) is 13.4. The number of halogens is 3. The predicted octanol–water partition coefficient (Wildman–Crippen LogP) is 3.42. The minimum absolute atomic E-state index is 0.114. The number of nitrogens with zero attached hydrogens (tertiary/aromatic N) is 3. The molecule has 146 valence electrons. The zero-order valence-electron chi connectivity index (χ0n) is 14.1. The predicted molar refractivity (Wildman–Crippen MR) is 91.6 cm³/mol. The van der Waals surface area contributed by atoms with E-state index in [2.05, 4.69) is 10.3 Å². The zero-order chi connectivity index (χ0) is 20.3. The molecule has 1 aromatic carbocycles. The van der Waals surface area contributed by atoms with Gasteiger partial charge in [-0.3, -0.25) is 14.9 Å². The molecule has 0 aliphatic heterocycles. The van der Waals surface area contributed by atoms with Crippen molar-refractivity contribution >= 4 is 23.0 Å². The van der Waals surface area contributed by atoms with Gasteiger partial charge in [0.1, 0.15) is 24.5 Å². The minimum Gasteiger partial charge on any atom is -0.458 e. The van der Waals surface area contributed by atoms with Gasteiger partial charge in [-0.2, -0.15) is 13.2 Å². The molecule has 0 spiro atoms. The first-order valence-corrected chi connectivity index (χ1v) is 7.92. The van der Waals surface area contributed by atoms with Crippen molar-refractivity contribution in [2.75, 3.05) is 11.9 Å². The van der Waals surface area contributed by atoms with Crippen molar-refractivity contribution in [2.24, 2.45) is 0 Å². The number of alkyl halides is 3. The van der Waals surface area contributed by atoms with Crippen LogP contribution in [0, 0.1) is 10.1 Å². The number of hydrogen-bond donors (Lipinski definition) is 1. The Labute approximate surface area is 155 Å². The molecule has 3 aromatic rings. The molecule has 3 rings (SSSR count). The van der Waals surface area contributed by atoms with Crippen LogP contribution in [-0.4, -0.2) is 26.8 Å². The second-order valence-corrected chi connectivity index (χ2v) is 5.70. The van der Waals surface area contributed by atoms with Gasteiger partial charge in [0, 0.05) is 18.5 Å². The number of anilines is 1. The molecule has 2 heterocycles. The van der Waals surface area contributed by atoms with E-state index in [-0.39, 0.29) is 12.3 Å². The lowest BCUT2D eigenvalue weighted by atomic mass is 10.1. The monoisotopic (exact) mass is 394 g/mol. The van der Waals surface area contributed by atoms with E-state index in [0.717, 1.165) is 6.07 Å². The minimum atomic E-state index is -4.71. The Kier molecular flexibility index (Phi) is 5.16. The summed E-state index contributed by atoms with van der Waals surface area (Å²) in [6.07, 6.45) is -1.26. The topological polar surface area (TPSA) is 98.8 Å². The number of pyridine rings is 1. The Morgan fingerprint density at radius 2 is 2.07 bits per heavy atom. The number of nitrogens with one attached hydrogen (secondary N) is 1. The number of nitro benzene ring substituents is 1. The molecule has 0 saturated heterocycles. The quantitative estimate of drug-likeness (QED) is 0.391. The lowest BCUT2D eigenvalue weighted by Crippen LogP contribution is -2.17. The van der Waals surface area contributed by atoms with Crippen LogP contribution in [0.25, 0.3) is 5.65 Å². The van der Waals surface area contributed by atoms with E-state index in [9.17, 15) is 28.1 Å². The fourth-order valence-corrected chi connectivity index (χ4v) is 2.44. The van der Waals surface area contributed by atoms with Crippen LogP contribution in [0.2, 0.25) is 0 Å². The van der Waals surface area contributed by atoms with Gasteiger partial charge in [-0.1, -0.05) is 6.07 Å². The maximum Gasteiger partial charge on any atom is 0.416 e. The van der Waals surface area contributed by atoms with E-state index in [4.69, 9.17) is 4.74 Å². The van der Waals surface area contributed by atoms with Crippen molar-refractivity contribution in [1.29, 1.82) is 0 Å². The van der Waals surface area contributed by atoms with Crippen molar-refractivity contribution in [2.45, 2.75) is 12.8 Å². The molecule has 0 aliphatic carbocycles. The first kappa shape index (κ1) is 19.1. The summed E-state index contributed by atoms with van der Waals surface area (Å²) in [6, 6.07) is 7.39. The Morgan fingerprint density at radius 3 is 2.75 bits per heavy atom. The van der Waals surface area contributed by atoms with Gasteiger partial charge < -0.3 is 14.5 Å². The van der Waals surface area contributed by atoms with Crippen molar-refractivity contribution in [1.82, 2.24) is 9.38 Å². The van der Waals surface area contributed by atoms with Gasteiger partial charge in [0.2, 0.25) is 0 Å². The molecular weight excluding hydrogens is 381 g/mol. The van der Waals surface area contributed by atoms with Crippen LogP contribution in [-0.2, 0) is 22.3 Å². The second-order valence-electron chi connectivity index (χ2n) is 5.70. The van der Waals surface area contributed by atoms with Gasteiger partial charge in [0.05, 0.1) is 16.2 Å². The lowest BCUT2D eigenvalue weighted by molar-refractivity contribution is -0.384. The average molecular weight is 394 g/mol. The van der Waals surface area contributed by atoms with E-state index in [1.54, 1.807) is 28.9 Å². The summed E-state index contributed by atoms with van der Waals surface area (Å²) < 4.78 is 44.8. The number of imidazole rings is 1. The largest absolute Gasteiger partial charge is 0.458 e. The normalized spacial score (nSPS) is 11.4. The summed E-state index contributed by atoms with van der Waals surface area (Å²) in [6.45, 7) is -0.573. The second kappa shape index (κ2) is 7.55. The molecule has 1 N–H and O–H groups in total. The number of esters is 1. The summed E-state index contributed by atoms with van der Waals surface area (Å²) in [5.41, 5.74) is -0.989. The standard InChI is InChI=1S/C17H13F3N4O4/c18-17(19,20)11-4-5-13(14(7-11)24(26)27)21-8-16(25)28-10-12-9-23-6-2-1-3-15(23)22-12/h1-7,9,21H,8,10H2. The van der Waals surface area contributed by atoms with Crippen molar-refractivity contribution < 1.29 is 27.6 Å². The molecule has 0 fully saturated rings. The van der Waals surface area contributed by atoms with Gasteiger partial charge in [0.25, 0.3) is 5.69 Å². The smallest absolute Gasteiger partial charge is 0.416 e. The van der Waals surface area contributed by atoms with Gasteiger partial charge in [0.15, 0.2) is 0 Å². The highest BCUT2D eigenvalue weighted by atomic mass is 19.4. The van der Waals surface area contributed by atoms with Crippen LogP contribution >= 0.6 is 0 Å². The van der Waals surface area contributed by atoms with Crippen LogP contribution in [0.1, 0.15) is 11.3 Å². The van der Waals surface area contributed by atoms with E-state index >= 15 is 0 Å². The number of carbonyl (C=O) groups is 1. The lowest BCUT2D eigenvalue weighted by Gasteiger charge is -2.10. The highest BCUT2D eigenvalue weighted by Crippen LogP contribution is 2.34. The third kappa shape index (κ3) is 4.37. The Morgan fingerprint density at radius 1 is 1.29 bits per heavy atom. The van der Waals surface area contributed by atoms with Crippen LogP contribution < -0.4 is 5.32 Å². The molecule has 0 atom stereocenters. The number of hydrogen-bond acceptors (Lipinski definition) is 6. The molecule has 2 aromatic heterocycles. The summed E-state index contributed by atoms with van der Waals surface area (Å²) in [5.74, 6) is -0.744. The van der Waals surface area contributed by atoms with Crippen LogP contribution in [0.4, 0.5) is 24.5 Å². The SMILES string of the molecule is O=C(CNc1ccc(C(F)(F)F)cc1[N+](=O)[O-])OCc1cn2ccccc2n1. The Balaban J connectivity index is 1.61. The van der Waals surface area contributed by atoms with Crippen LogP contribution in [0.5, 0.6) is 0 Å². The zero-order valence-corrected chi connectivity index (χ0v) is 14.1. The van der Waals surface area contributed by atoms with E-state index < -0.39 is 34.9 Å². The van der Waals surface area contributed by atoms with Crippen molar-refractivity contribution in [3.8, 4) is 0 Å². The van der Waals surface area contributed by atoms with E-state index in [0.29, 0.717) is 23.5 Å². The number of aromatic nitrogens is 2. The molecular formula is C17H13F3N4O4. The number of fused-ring (bicyclic) bond motifs is 1. The summed E-state index contributed by atoms with van der Waals surface area (Å²) in [7, 11) is 0. The molecule has 0 radical (unpaired) electrons. The third-order valence-electron chi connectivity index (χ3n) is 3.74. The molecule has 0 amide bonds. The maximum atomic E-state index is 12.7. The van der Waals surface area contributed by atoms with Crippen LogP contribution in [0.3, 0.4) is 0 Å². The molecule has 0 unspecified atom stereocenters. The molecule has 11 heteroatoms. The highest BCUT2D eigenvalue weighted by Gasteiger charge is 2.33. The molecule has 8 nitrogen and oxygen atoms in total. The summed E-state index contributed by atoms with van der Waals surface area (Å²) >= 11 is 0. The van der Waals surface area contributed by atoms with Gasteiger partial charge >= 0.3 is 12.1 Å². The molecule has 0 aliphatic rings. The van der Waals surface area contributed by atoms with Gasteiger partial charge in [-0.05, 0) is 24.3 Å². The van der Waals surface area contributed by atoms with Gasteiger partial charge in [-0.15, -0.1) is 0 Å². The first-order valence-electron chi connectivity index (χ1n) is 7.92. The highest BCUT2D eigenvalue weighted by molar-refractivity contribution is 5.76. The maximum absolute atomic E-state index is 12.7. The number of rotatable bonds is 6. The number of ether oxygens (including phenoxy) is 1. The van der Waals surface area contributed by atoms with Gasteiger partial charge in [-0.25, -0.2) is 4.98 Å². The van der Waals surface area contributed by atoms with Crippen LogP contribution in [0.15, 0.2) is 48.8 Å². The number of benzene rings is 1. The fraction of sp³-hybridized carbons (Fsp3) is 0.176. The Hall–Kier alpha value is -3.63. The molecule has 0 bridgehead atoms. The Bertz CT molecular complexity index is 1000. The van der Waals surface area contributed by atoms with E-state index in [1.165, 1.54) is 0 Å². The number of nitro groups is 1.